The van der Waals surface area contributed by atoms with Crippen LogP contribution < -0.4 is 0 Å². The number of carbonyl (C=O) groups excluding carboxylic acids is 1. The molecule has 3 nitrogen and oxygen atoms in total. The third-order valence-corrected chi connectivity index (χ3v) is 6.02. The Balaban J connectivity index is 1.57. The summed E-state index contributed by atoms with van der Waals surface area (Å²) in [4.78, 5) is 16.7. The lowest BCUT2D eigenvalue weighted by atomic mass is 9.86. The molecule has 134 valence electrons. The second-order valence-corrected chi connectivity index (χ2v) is 8.43. The van der Waals surface area contributed by atoms with Gasteiger partial charge in [-0.25, -0.2) is 0 Å². The minimum Gasteiger partial charge on any atom is -0.342 e. The number of rotatable bonds is 6. The average molecular weight is 323 g/mol. The zero-order valence-corrected chi connectivity index (χ0v) is 15.9. The number of hydrogen-bond acceptors (Lipinski definition) is 2. The van der Waals surface area contributed by atoms with E-state index in [1.54, 1.807) is 0 Å². The van der Waals surface area contributed by atoms with E-state index in [0.29, 0.717) is 5.91 Å². The first kappa shape index (κ1) is 18.8. The van der Waals surface area contributed by atoms with Crippen molar-refractivity contribution >= 4 is 5.91 Å². The minimum absolute atomic E-state index is 0.156. The lowest BCUT2D eigenvalue weighted by molar-refractivity contribution is -0.135. The van der Waals surface area contributed by atoms with Crippen LogP contribution in [0.3, 0.4) is 0 Å². The molecule has 0 aliphatic carbocycles. The van der Waals surface area contributed by atoms with Crippen molar-refractivity contribution in [3.8, 4) is 0 Å². The topological polar surface area (TPSA) is 23.6 Å². The van der Waals surface area contributed by atoms with Crippen LogP contribution in [-0.2, 0) is 4.79 Å². The van der Waals surface area contributed by atoms with Crippen LogP contribution >= 0.6 is 0 Å². The molecule has 3 heteroatoms. The Morgan fingerprint density at radius 3 is 1.78 bits per heavy atom. The fraction of sp³-hybridized carbons (Fsp3) is 0.950. The molecule has 0 saturated carbocycles. The van der Waals surface area contributed by atoms with E-state index in [9.17, 15) is 4.79 Å². The molecule has 2 rings (SSSR count). The summed E-state index contributed by atoms with van der Waals surface area (Å²) in [5.41, 5.74) is 0. The first-order valence-electron chi connectivity index (χ1n) is 10.00. The Morgan fingerprint density at radius 1 is 0.870 bits per heavy atom. The van der Waals surface area contributed by atoms with Gasteiger partial charge in [0.2, 0.25) is 5.91 Å². The molecule has 0 aromatic heterocycles. The summed E-state index contributed by atoms with van der Waals surface area (Å²) in [6, 6.07) is 0.717. The quantitative estimate of drug-likeness (QED) is 0.732. The number of amides is 1. The Hall–Kier alpha value is -0.570. The van der Waals surface area contributed by atoms with Crippen molar-refractivity contribution in [3.05, 3.63) is 0 Å². The summed E-state index contributed by atoms with van der Waals surface area (Å²) in [6.07, 6.45) is 9.47. The van der Waals surface area contributed by atoms with Gasteiger partial charge in [0.05, 0.1) is 0 Å². The van der Waals surface area contributed by atoms with Crippen molar-refractivity contribution in [3.63, 3.8) is 0 Å². The first-order chi connectivity index (χ1) is 11.0. The third kappa shape index (κ3) is 5.77. The van der Waals surface area contributed by atoms with E-state index >= 15 is 0 Å². The standard InChI is InChI=1S/C20H38N2O/c1-16(2)20(23)22-14-10-19(11-15-22)7-5-6-18-8-12-21(13-9-18)17(3)4/h16-19H,5-15H2,1-4H3. The fourth-order valence-corrected chi connectivity index (χ4v) is 4.26. The van der Waals surface area contributed by atoms with Crippen LogP contribution in [-0.4, -0.2) is 47.9 Å². The normalized spacial score (nSPS) is 22.3. The highest BCUT2D eigenvalue weighted by atomic mass is 16.2. The van der Waals surface area contributed by atoms with Gasteiger partial charge in [-0.15, -0.1) is 0 Å². The summed E-state index contributed by atoms with van der Waals surface area (Å²) in [7, 11) is 0. The molecule has 0 atom stereocenters. The van der Waals surface area contributed by atoms with E-state index in [0.717, 1.165) is 31.0 Å². The van der Waals surface area contributed by atoms with Crippen LogP contribution in [0.2, 0.25) is 0 Å². The number of piperidine rings is 2. The van der Waals surface area contributed by atoms with Crippen LogP contribution in [0.15, 0.2) is 0 Å². The van der Waals surface area contributed by atoms with Crippen molar-refractivity contribution < 1.29 is 4.79 Å². The van der Waals surface area contributed by atoms with E-state index in [4.69, 9.17) is 0 Å². The summed E-state index contributed by atoms with van der Waals surface area (Å²) < 4.78 is 0. The maximum absolute atomic E-state index is 12.0. The molecule has 0 unspecified atom stereocenters. The van der Waals surface area contributed by atoms with Gasteiger partial charge in [-0.05, 0) is 64.5 Å². The molecule has 0 bridgehead atoms. The molecule has 0 aromatic rings. The van der Waals surface area contributed by atoms with E-state index in [1.165, 1.54) is 58.0 Å². The zero-order valence-electron chi connectivity index (χ0n) is 15.9. The SMILES string of the molecule is CC(C)C(=O)N1CCC(CCCC2CCN(C(C)C)CC2)CC1. The predicted molar refractivity (Wildman–Crippen MR) is 97.4 cm³/mol. The summed E-state index contributed by atoms with van der Waals surface area (Å²) >= 11 is 0. The fourth-order valence-electron chi connectivity index (χ4n) is 4.26. The van der Waals surface area contributed by atoms with Crippen LogP contribution in [0.25, 0.3) is 0 Å². The third-order valence-electron chi connectivity index (χ3n) is 6.02. The zero-order chi connectivity index (χ0) is 16.8. The van der Waals surface area contributed by atoms with Crippen LogP contribution in [0, 0.1) is 17.8 Å². The van der Waals surface area contributed by atoms with E-state index < -0.39 is 0 Å². The Labute approximate surface area is 143 Å². The van der Waals surface area contributed by atoms with Gasteiger partial charge in [0.25, 0.3) is 0 Å². The molecule has 2 aliphatic rings. The molecule has 0 aromatic carbocycles. The molecule has 2 fully saturated rings. The monoisotopic (exact) mass is 322 g/mol. The van der Waals surface area contributed by atoms with Crippen LogP contribution in [0.5, 0.6) is 0 Å². The smallest absolute Gasteiger partial charge is 0.225 e. The van der Waals surface area contributed by atoms with Crippen molar-refractivity contribution in [1.82, 2.24) is 9.80 Å². The lowest BCUT2D eigenvalue weighted by Crippen LogP contribution is -2.40. The number of nitrogens with zero attached hydrogens (tertiary/aromatic N) is 2. The summed E-state index contributed by atoms with van der Waals surface area (Å²) in [5, 5.41) is 0. The largest absolute Gasteiger partial charge is 0.342 e. The molecule has 2 aliphatic heterocycles. The average Bonchev–Trinajstić information content (AvgIpc) is 2.55. The molecule has 0 radical (unpaired) electrons. The number of likely N-dealkylation sites (tertiary alicyclic amines) is 2. The molecule has 1 amide bonds. The molecule has 23 heavy (non-hydrogen) atoms. The highest BCUT2D eigenvalue weighted by molar-refractivity contribution is 5.78. The van der Waals surface area contributed by atoms with Crippen LogP contribution in [0.1, 0.15) is 72.6 Å². The highest BCUT2D eigenvalue weighted by Gasteiger charge is 2.25. The lowest BCUT2D eigenvalue weighted by Gasteiger charge is -2.35. The van der Waals surface area contributed by atoms with Gasteiger partial charge in [0.15, 0.2) is 0 Å². The number of hydrogen-bond donors (Lipinski definition) is 0. The number of carbonyl (C=O) groups is 1. The Morgan fingerprint density at radius 2 is 1.35 bits per heavy atom. The second-order valence-electron chi connectivity index (χ2n) is 8.43. The van der Waals surface area contributed by atoms with Crippen molar-refractivity contribution in [2.24, 2.45) is 17.8 Å². The predicted octanol–water partition coefficient (Wildman–Crippen LogP) is 4.17. The highest BCUT2D eigenvalue weighted by Crippen LogP contribution is 2.28. The molecule has 0 N–H and O–H groups in total. The molecular formula is C20H38N2O. The first-order valence-corrected chi connectivity index (χ1v) is 10.00. The van der Waals surface area contributed by atoms with E-state index in [2.05, 4.69) is 23.6 Å². The Bertz CT molecular complexity index is 351. The van der Waals surface area contributed by atoms with Gasteiger partial charge in [-0.2, -0.15) is 0 Å². The summed E-state index contributed by atoms with van der Waals surface area (Å²) in [5.74, 6) is 2.33. The van der Waals surface area contributed by atoms with Gasteiger partial charge in [0.1, 0.15) is 0 Å². The van der Waals surface area contributed by atoms with Crippen molar-refractivity contribution in [1.29, 1.82) is 0 Å². The maximum Gasteiger partial charge on any atom is 0.225 e. The maximum atomic E-state index is 12.0. The van der Waals surface area contributed by atoms with Gasteiger partial charge in [-0.3, -0.25) is 4.79 Å². The van der Waals surface area contributed by atoms with Gasteiger partial charge in [0, 0.05) is 25.0 Å². The van der Waals surface area contributed by atoms with E-state index in [1.807, 2.05) is 13.8 Å². The second kappa shape index (κ2) is 9.05. The van der Waals surface area contributed by atoms with Crippen LogP contribution in [0.4, 0.5) is 0 Å². The molecule has 2 saturated heterocycles. The van der Waals surface area contributed by atoms with Crippen molar-refractivity contribution in [2.75, 3.05) is 26.2 Å². The Kier molecular flexibility index (Phi) is 7.39. The molecule has 0 spiro atoms. The van der Waals surface area contributed by atoms with Gasteiger partial charge in [-0.1, -0.05) is 33.1 Å². The molecular weight excluding hydrogens is 284 g/mol. The van der Waals surface area contributed by atoms with Crippen molar-refractivity contribution in [2.45, 2.75) is 78.7 Å². The van der Waals surface area contributed by atoms with Gasteiger partial charge >= 0.3 is 0 Å². The molecule has 2 heterocycles. The van der Waals surface area contributed by atoms with E-state index in [-0.39, 0.29) is 5.92 Å². The summed E-state index contributed by atoms with van der Waals surface area (Å²) in [6.45, 7) is 13.3. The minimum atomic E-state index is 0.156. The van der Waals surface area contributed by atoms with Gasteiger partial charge < -0.3 is 9.80 Å².